The molecule has 1 saturated carbocycles. The number of nitriles is 1. The molecular weight excluding hydrogens is 448 g/mol. The lowest BCUT2D eigenvalue weighted by molar-refractivity contribution is -0.129. The van der Waals surface area contributed by atoms with Crippen molar-refractivity contribution in [3.8, 4) is 23.2 Å². The number of methoxy groups -OCH3 is 1. The van der Waals surface area contributed by atoms with E-state index in [2.05, 4.69) is 27.3 Å². The Morgan fingerprint density at radius 1 is 1.26 bits per heavy atom. The number of ether oxygens (including phenoxy) is 1. The number of aromatic nitrogens is 4. The lowest BCUT2D eigenvalue weighted by Gasteiger charge is -2.25. The highest BCUT2D eigenvalue weighted by atomic mass is 16.5. The van der Waals surface area contributed by atoms with E-state index in [0.717, 1.165) is 23.1 Å². The summed E-state index contributed by atoms with van der Waals surface area (Å²) in [6.45, 7) is 3.49. The standard InChI is InChI=1S/C24H26N8O3/c1-13-18-12-31(21(33)3-4-25)10-15(18)5-19(13)30-22-17(23(26)34)9-29-32-11-14(6-20(22)32)16-7-27-24(35-2)28-8-16/h6-9,11,13,15,18-19,30H,3,5,10,12H2,1-2H3,(H2,26,34)/t13-,15+,18-,19+/m0/s1. The summed E-state index contributed by atoms with van der Waals surface area (Å²) in [5, 5.41) is 16.8. The van der Waals surface area contributed by atoms with E-state index in [1.807, 2.05) is 18.3 Å². The first-order valence-electron chi connectivity index (χ1n) is 11.5. The van der Waals surface area contributed by atoms with Crippen molar-refractivity contribution >= 4 is 23.0 Å². The number of hydrogen-bond donors (Lipinski definition) is 2. The molecule has 2 aliphatic rings. The Labute approximate surface area is 201 Å². The van der Waals surface area contributed by atoms with Crippen LogP contribution in [0, 0.1) is 29.1 Å². The molecule has 0 aromatic carbocycles. The van der Waals surface area contributed by atoms with Crippen LogP contribution in [0.25, 0.3) is 16.6 Å². The van der Waals surface area contributed by atoms with Gasteiger partial charge in [-0.05, 0) is 30.2 Å². The number of nitrogens with two attached hydrogens (primary N) is 1. The van der Waals surface area contributed by atoms with Gasteiger partial charge < -0.3 is 20.7 Å². The van der Waals surface area contributed by atoms with Crippen LogP contribution < -0.4 is 15.8 Å². The van der Waals surface area contributed by atoms with Crippen molar-refractivity contribution in [3.63, 3.8) is 0 Å². The maximum absolute atomic E-state index is 12.3. The predicted octanol–water partition coefficient (Wildman–Crippen LogP) is 1.71. The van der Waals surface area contributed by atoms with E-state index >= 15 is 0 Å². The Kier molecular flexibility index (Phi) is 5.72. The van der Waals surface area contributed by atoms with Crippen LogP contribution in [0.3, 0.4) is 0 Å². The van der Waals surface area contributed by atoms with Gasteiger partial charge in [-0.15, -0.1) is 0 Å². The van der Waals surface area contributed by atoms with Gasteiger partial charge in [0.05, 0.1) is 36.1 Å². The van der Waals surface area contributed by atoms with E-state index in [-0.39, 0.29) is 30.3 Å². The van der Waals surface area contributed by atoms with Crippen molar-refractivity contribution in [3.05, 3.63) is 36.4 Å². The van der Waals surface area contributed by atoms with Crippen molar-refractivity contribution in [2.75, 3.05) is 25.5 Å². The number of likely N-dealkylation sites (tertiary alicyclic amines) is 1. The zero-order valence-corrected chi connectivity index (χ0v) is 19.5. The predicted molar refractivity (Wildman–Crippen MR) is 126 cm³/mol. The molecule has 3 N–H and O–H groups in total. The molecule has 1 saturated heterocycles. The van der Waals surface area contributed by atoms with Gasteiger partial charge >= 0.3 is 6.01 Å². The monoisotopic (exact) mass is 474 g/mol. The highest BCUT2D eigenvalue weighted by Gasteiger charge is 2.47. The third kappa shape index (κ3) is 4.01. The molecular formula is C24H26N8O3. The lowest BCUT2D eigenvalue weighted by Crippen LogP contribution is -2.33. The summed E-state index contributed by atoms with van der Waals surface area (Å²) in [4.78, 5) is 34.6. The first-order chi connectivity index (χ1) is 16.9. The second kappa shape index (κ2) is 8.87. The topological polar surface area (TPSA) is 152 Å². The normalized spacial score (nSPS) is 23.2. The Bertz CT molecular complexity index is 1330. The molecule has 11 nitrogen and oxygen atoms in total. The van der Waals surface area contributed by atoms with Crippen molar-refractivity contribution in [1.82, 2.24) is 24.5 Å². The highest BCUT2D eigenvalue weighted by molar-refractivity contribution is 6.02. The van der Waals surface area contributed by atoms with E-state index in [1.54, 1.807) is 21.8 Å². The smallest absolute Gasteiger partial charge is 0.316 e. The molecule has 0 bridgehead atoms. The summed E-state index contributed by atoms with van der Waals surface area (Å²) in [6.07, 6.45) is 7.44. The molecule has 11 heteroatoms. The molecule has 3 aromatic rings. The van der Waals surface area contributed by atoms with Gasteiger partial charge in [-0.1, -0.05) is 6.92 Å². The van der Waals surface area contributed by atoms with Crippen LogP contribution in [-0.2, 0) is 4.79 Å². The van der Waals surface area contributed by atoms with Gasteiger partial charge in [0.25, 0.3) is 5.91 Å². The van der Waals surface area contributed by atoms with Crippen LogP contribution in [0.2, 0.25) is 0 Å². The van der Waals surface area contributed by atoms with Crippen molar-refractivity contribution in [1.29, 1.82) is 5.26 Å². The zero-order valence-electron chi connectivity index (χ0n) is 19.5. The number of anilines is 1. The second-order valence-corrected chi connectivity index (χ2v) is 9.22. The maximum atomic E-state index is 12.3. The molecule has 3 aromatic heterocycles. The summed E-state index contributed by atoms with van der Waals surface area (Å²) in [5.41, 5.74) is 9.02. The summed E-state index contributed by atoms with van der Waals surface area (Å²) in [7, 11) is 1.51. The molecule has 4 atom stereocenters. The quantitative estimate of drug-likeness (QED) is 0.548. The minimum Gasteiger partial charge on any atom is -0.467 e. The Hall–Kier alpha value is -4.20. The number of nitrogens with one attached hydrogen (secondary N) is 1. The van der Waals surface area contributed by atoms with Gasteiger partial charge in [-0.25, -0.2) is 14.5 Å². The summed E-state index contributed by atoms with van der Waals surface area (Å²) >= 11 is 0. The molecule has 2 amide bonds. The SMILES string of the molecule is COc1ncc(-c2cc3c(N[C@@H]4C[C@@H]5CN(C(=O)CC#N)C[C@H]5[C@@H]4C)c(C(N)=O)cnn3c2)cn1. The van der Waals surface area contributed by atoms with Gasteiger partial charge in [0.15, 0.2) is 0 Å². The first-order valence-corrected chi connectivity index (χ1v) is 11.5. The number of hydrogen-bond acceptors (Lipinski definition) is 8. The summed E-state index contributed by atoms with van der Waals surface area (Å²) < 4.78 is 6.74. The number of nitrogens with zero attached hydrogens (tertiary/aromatic N) is 6. The van der Waals surface area contributed by atoms with E-state index in [9.17, 15) is 9.59 Å². The minimum absolute atomic E-state index is 0.0811. The van der Waals surface area contributed by atoms with Crippen LogP contribution in [0.1, 0.15) is 30.1 Å². The second-order valence-electron chi connectivity index (χ2n) is 9.22. The molecule has 1 aliphatic carbocycles. The van der Waals surface area contributed by atoms with Crippen LogP contribution >= 0.6 is 0 Å². The number of primary amides is 1. The molecule has 5 rings (SSSR count). The molecule has 0 spiro atoms. The fraction of sp³-hybridized carbons (Fsp3) is 0.417. The van der Waals surface area contributed by atoms with Crippen molar-refractivity contribution < 1.29 is 14.3 Å². The number of carbonyl (C=O) groups excluding carboxylic acids is 2. The van der Waals surface area contributed by atoms with Crippen molar-refractivity contribution in [2.24, 2.45) is 23.5 Å². The van der Waals surface area contributed by atoms with Gasteiger partial charge in [0, 0.05) is 48.8 Å². The molecule has 0 unspecified atom stereocenters. The van der Waals surface area contributed by atoms with Crippen LogP contribution in [0.15, 0.2) is 30.9 Å². The van der Waals surface area contributed by atoms with Crippen LogP contribution in [-0.4, -0.2) is 62.5 Å². The first kappa shape index (κ1) is 22.6. The number of rotatable bonds is 6. The fourth-order valence-corrected chi connectivity index (χ4v) is 5.46. The molecule has 180 valence electrons. The number of fused-ring (bicyclic) bond motifs is 2. The van der Waals surface area contributed by atoms with Crippen LogP contribution in [0.5, 0.6) is 6.01 Å². The molecule has 35 heavy (non-hydrogen) atoms. The van der Waals surface area contributed by atoms with Crippen molar-refractivity contribution in [2.45, 2.75) is 25.8 Å². The molecule has 1 aliphatic heterocycles. The fourth-order valence-electron chi connectivity index (χ4n) is 5.46. The van der Waals surface area contributed by atoms with E-state index in [4.69, 9.17) is 15.7 Å². The van der Waals surface area contributed by atoms with E-state index < -0.39 is 5.91 Å². The largest absolute Gasteiger partial charge is 0.467 e. The average molecular weight is 475 g/mol. The van der Waals surface area contributed by atoms with Gasteiger partial charge in [-0.3, -0.25) is 9.59 Å². The van der Waals surface area contributed by atoms with Gasteiger partial charge in [-0.2, -0.15) is 10.4 Å². The Morgan fingerprint density at radius 3 is 2.69 bits per heavy atom. The van der Waals surface area contributed by atoms with E-state index in [1.165, 1.54) is 13.3 Å². The Balaban J connectivity index is 1.43. The summed E-state index contributed by atoms with van der Waals surface area (Å²) in [5.74, 6) is 0.284. The van der Waals surface area contributed by atoms with Gasteiger partial charge in [0.1, 0.15) is 6.42 Å². The Morgan fingerprint density at radius 2 is 2.03 bits per heavy atom. The number of carbonyl (C=O) groups is 2. The third-order valence-corrected chi connectivity index (χ3v) is 7.32. The lowest BCUT2D eigenvalue weighted by atomic mass is 9.93. The van der Waals surface area contributed by atoms with E-state index in [0.29, 0.717) is 36.2 Å². The highest BCUT2D eigenvalue weighted by Crippen LogP contribution is 2.44. The van der Waals surface area contributed by atoms with Crippen LogP contribution in [0.4, 0.5) is 5.69 Å². The average Bonchev–Trinajstić information content (AvgIpc) is 3.54. The molecule has 0 radical (unpaired) electrons. The molecule has 4 heterocycles. The third-order valence-electron chi connectivity index (χ3n) is 7.32. The van der Waals surface area contributed by atoms with Gasteiger partial charge in [0.2, 0.25) is 5.91 Å². The minimum atomic E-state index is -0.558. The number of amides is 2. The maximum Gasteiger partial charge on any atom is 0.316 e. The summed E-state index contributed by atoms with van der Waals surface area (Å²) in [6, 6.07) is 4.25. The molecule has 2 fully saturated rings. The zero-order chi connectivity index (χ0) is 24.7.